The summed E-state index contributed by atoms with van der Waals surface area (Å²) >= 11 is 0. The Labute approximate surface area is 85.9 Å². The summed E-state index contributed by atoms with van der Waals surface area (Å²) in [4.78, 5) is 0. The first-order valence-corrected chi connectivity index (χ1v) is 4.50. The van der Waals surface area contributed by atoms with Crippen LogP contribution < -0.4 is 5.73 Å². The van der Waals surface area contributed by atoms with Gasteiger partial charge in [0.15, 0.2) is 0 Å². The standard InChI is InChI=1S/C11H10F2N2/c12-9-3-8(4-10(13)5-9)6-15-2-1-11(14)7-15/h1-5,7H,6,14H2. The molecule has 1 aromatic heterocycles. The van der Waals surface area contributed by atoms with Gasteiger partial charge in [-0.15, -0.1) is 0 Å². The molecule has 2 N–H and O–H groups in total. The first-order chi connectivity index (χ1) is 7.13. The van der Waals surface area contributed by atoms with E-state index in [4.69, 9.17) is 5.73 Å². The van der Waals surface area contributed by atoms with Gasteiger partial charge in [-0.1, -0.05) is 0 Å². The van der Waals surface area contributed by atoms with E-state index >= 15 is 0 Å². The first kappa shape index (κ1) is 9.71. The number of anilines is 1. The highest BCUT2D eigenvalue weighted by Gasteiger charge is 2.01. The largest absolute Gasteiger partial charge is 0.398 e. The van der Waals surface area contributed by atoms with Crippen LogP contribution in [-0.4, -0.2) is 4.57 Å². The number of nitrogens with zero attached hydrogens (tertiary/aromatic N) is 1. The summed E-state index contributed by atoms with van der Waals surface area (Å²) in [6.07, 6.45) is 3.47. The van der Waals surface area contributed by atoms with Crippen molar-refractivity contribution in [3.05, 3.63) is 53.9 Å². The zero-order valence-corrected chi connectivity index (χ0v) is 7.95. The number of hydrogen-bond donors (Lipinski definition) is 1. The van der Waals surface area contributed by atoms with Crippen molar-refractivity contribution < 1.29 is 8.78 Å². The number of hydrogen-bond acceptors (Lipinski definition) is 1. The van der Waals surface area contributed by atoms with Crippen LogP contribution in [-0.2, 0) is 6.54 Å². The van der Waals surface area contributed by atoms with Gasteiger partial charge in [-0.05, 0) is 23.8 Å². The minimum atomic E-state index is -0.565. The normalized spacial score (nSPS) is 10.5. The Bertz CT molecular complexity index is 457. The van der Waals surface area contributed by atoms with E-state index in [1.807, 2.05) is 0 Å². The summed E-state index contributed by atoms with van der Waals surface area (Å²) in [6, 6.07) is 5.20. The van der Waals surface area contributed by atoms with Crippen molar-refractivity contribution in [3.63, 3.8) is 0 Å². The minimum Gasteiger partial charge on any atom is -0.398 e. The van der Waals surface area contributed by atoms with Crippen molar-refractivity contribution in [1.29, 1.82) is 0 Å². The summed E-state index contributed by atoms with van der Waals surface area (Å²) in [5.41, 5.74) is 6.73. The SMILES string of the molecule is Nc1ccn(Cc2cc(F)cc(F)c2)c1. The molecule has 2 aromatic rings. The average Bonchev–Trinajstić information content (AvgIpc) is 2.49. The third-order valence-corrected chi connectivity index (χ3v) is 2.06. The Morgan fingerprint density at radius 3 is 2.33 bits per heavy atom. The average molecular weight is 208 g/mol. The lowest BCUT2D eigenvalue weighted by Crippen LogP contribution is -1.98. The summed E-state index contributed by atoms with van der Waals surface area (Å²) in [7, 11) is 0. The molecular weight excluding hydrogens is 198 g/mol. The lowest BCUT2D eigenvalue weighted by Gasteiger charge is -2.03. The molecule has 2 rings (SSSR count). The van der Waals surface area contributed by atoms with Gasteiger partial charge in [0, 0.05) is 30.7 Å². The highest BCUT2D eigenvalue weighted by atomic mass is 19.1. The van der Waals surface area contributed by atoms with Crippen molar-refractivity contribution in [1.82, 2.24) is 4.57 Å². The fourth-order valence-corrected chi connectivity index (χ4v) is 1.47. The molecule has 0 unspecified atom stereocenters. The lowest BCUT2D eigenvalue weighted by atomic mass is 10.2. The minimum absolute atomic E-state index is 0.409. The van der Waals surface area contributed by atoms with Gasteiger partial charge < -0.3 is 10.3 Å². The molecule has 1 heterocycles. The monoisotopic (exact) mass is 208 g/mol. The van der Waals surface area contributed by atoms with Crippen LogP contribution in [0.3, 0.4) is 0 Å². The fourth-order valence-electron chi connectivity index (χ4n) is 1.47. The molecule has 0 aliphatic heterocycles. The van der Waals surface area contributed by atoms with E-state index in [1.54, 1.807) is 23.0 Å². The van der Waals surface area contributed by atoms with Crippen LogP contribution >= 0.6 is 0 Å². The highest BCUT2D eigenvalue weighted by Crippen LogP contribution is 2.11. The van der Waals surface area contributed by atoms with Crippen LogP contribution in [0.15, 0.2) is 36.7 Å². The predicted octanol–water partition coefficient (Wildman–Crippen LogP) is 2.40. The number of benzene rings is 1. The molecule has 0 amide bonds. The molecule has 1 aromatic carbocycles. The number of nitrogens with two attached hydrogens (primary N) is 1. The van der Waals surface area contributed by atoms with Crippen molar-refractivity contribution in [2.75, 3.05) is 5.73 Å². The fraction of sp³-hybridized carbons (Fsp3) is 0.0909. The molecule has 0 radical (unpaired) electrons. The third kappa shape index (κ3) is 2.34. The maximum Gasteiger partial charge on any atom is 0.126 e. The van der Waals surface area contributed by atoms with Crippen LogP contribution in [0.1, 0.15) is 5.56 Å². The van der Waals surface area contributed by atoms with E-state index in [-0.39, 0.29) is 0 Å². The van der Waals surface area contributed by atoms with Crippen molar-refractivity contribution >= 4 is 5.69 Å². The van der Waals surface area contributed by atoms with E-state index < -0.39 is 11.6 Å². The highest BCUT2D eigenvalue weighted by molar-refractivity contribution is 5.34. The number of rotatable bonds is 2. The maximum atomic E-state index is 12.9. The molecule has 0 saturated heterocycles. The number of nitrogen functional groups attached to an aromatic ring is 1. The van der Waals surface area contributed by atoms with Gasteiger partial charge >= 0.3 is 0 Å². The van der Waals surface area contributed by atoms with Crippen LogP contribution in [0, 0.1) is 11.6 Å². The molecule has 78 valence electrons. The Kier molecular flexibility index (Phi) is 2.41. The molecule has 4 heteroatoms. The number of halogens is 2. The smallest absolute Gasteiger partial charge is 0.126 e. The van der Waals surface area contributed by atoms with Gasteiger partial charge in [0.2, 0.25) is 0 Å². The van der Waals surface area contributed by atoms with Crippen molar-refractivity contribution in [2.24, 2.45) is 0 Å². The van der Waals surface area contributed by atoms with Gasteiger partial charge in [0.25, 0.3) is 0 Å². The molecule has 0 fully saturated rings. The summed E-state index contributed by atoms with van der Waals surface area (Å²) in [6.45, 7) is 0.409. The van der Waals surface area contributed by atoms with E-state index in [9.17, 15) is 8.78 Å². The summed E-state index contributed by atoms with van der Waals surface area (Å²) in [5, 5.41) is 0. The van der Waals surface area contributed by atoms with Gasteiger partial charge in [-0.2, -0.15) is 0 Å². The molecule has 0 bridgehead atoms. The zero-order chi connectivity index (χ0) is 10.8. The Morgan fingerprint density at radius 1 is 1.13 bits per heavy atom. The van der Waals surface area contributed by atoms with Gasteiger partial charge in [0.05, 0.1) is 0 Å². The van der Waals surface area contributed by atoms with E-state index in [2.05, 4.69) is 0 Å². The van der Waals surface area contributed by atoms with Crippen LogP contribution in [0.25, 0.3) is 0 Å². The molecule has 0 aliphatic rings. The van der Waals surface area contributed by atoms with E-state index in [1.165, 1.54) is 12.1 Å². The predicted molar refractivity (Wildman–Crippen MR) is 54.3 cm³/mol. The summed E-state index contributed by atoms with van der Waals surface area (Å²) < 4.78 is 27.5. The van der Waals surface area contributed by atoms with Crippen LogP contribution in [0.5, 0.6) is 0 Å². The van der Waals surface area contributed by atoms with Gasteiger partial charge in [-0.3, -0.25) is 0 Å². The maximum absolute atomic E-state index is 12.9. The number of aromatic nitrogens is 1. The third-order valence-electron chi connectivity index (χ3n) is 2.06. The Hall–Kier alpha value is -1.84. The molecule has 0 aliphatic carbocycles. The second-order valence-electron chi connectivity index (χ2n) is 3.39. The second-order valence-corrected chi connectivity index (χ2v) is 3.39. The molecule has 0 saturated carbocycles. The van der Waals surface area contributed by atoms with Crippen LogP contribution in [0.4, 0.5) is 14.5 Å². The van der Waals surface area contributed by atoms with Gasteiger partial charge in [0.1, 0.15) is 11.6 Å². The quantitative estimate of drug-likeness (QED) is 0.807. The Morgan fingerprint density at radius 2 is 1.80 bits per heavy atom. The van der Waals surface area contributed by atoms with Crippen molar-refractivity contribution in [2.45, 2.75) is 6.54 Å². The van der Waals surface area contributed by atoms with E-state index in [0.717, 1.165) is 6.07 Å². The van der Waals surface area contributed by atoms with Crippen LogP contribution in [0.2, 0.25) is 0 Å². The lowest BCUT2D eigenvalue weighted by molar-refractivity contribution is 0.577. The molecule has 0 spiro atoms. The van der Waals surface area contributed by atoms with Gasteiger partial charge in [-0.25, -0.2) is 8.78 Å². The zero-order valence-electron chi connectivity index (χ0n) is 7.95. The molecule has 15 heavy (non-hydrogen) atoms. The van der Waals surface area contributed by atoms with Crippen molar-refractivity contribution in [3.8, 4) is 0 Å². The first-order valence-electron chi connectivity index (χ1n) is 4.50. The Balaban J connectivity index is 2.24. The second kappa shape index (κ2) is 3.73. The summed E-state index contributed by atoms with van der Waals surface area (Å²) in [5.74, 6) is -1.13. The molecular formula is C11H10F2N2. The molecule has 2 nitrogen and oxygen atoms in total. The van der Waals surface area contributed by atoms with E-state index in [0.29, 0.717) is 17.8 Å². The molecule has 0 atom stereocenters. The topological polar surface area (TPSA) is 30.9 Å².